The molecule has 0 radical (unpaired) electrons. The average molecular weight is 243 g/mol. The van der Waals surface area contributed by atoms with E-state index < -0.39 is 5.97 Å². The summed E-state index contributed by atoms with van der Waals surface area (Å²) in [5, 5.41) is 18.8. The fourth-order valence-corrected chi connectivity index (χ4v) is 1.97. The Labute approximate surface area is 99.7 Å². The molecule has 0 spiro atoms. The van der Waals surface area contributed by atoms with Crippen LogP contribution in [0.1, 0.15) is 36.0 Å². The van der Waals surface area contributed by atoms with Crippen molar-refractivity contribution in [2.24, 2.45) is 0 Å². The molecule has 0 fully saturated rings. The molecule has 0 aliphatic rings. The molecule has 4 heteroatoms. The van der Waals surface area contributed by atoms with Gasteiger partial charge in [0.25, 0.3) is 0 Å². The van der Waals surface area contributed by atoms with Gasteiger partial charge in [0.15, 0.2) is 0 Å². The molecule has 0 saturated heterocycles. The molecule has 16 heavy (non-hydrogen) atoms. The van der Waals surface area contributed by atoms with E-state index in [9.17, 15) is 9.90 Å². The van der Waals surface area contributed by atoms with E-state index in [4.69, 9.17) is 16.7 Å². The Bertz CT molecular complexity index is 427. The van der Waals surface area contributed by atoms with Crippen molar-refractivity contribution in [2.75, 3.05) is 0 Å². The number of aryl methyl sites for hydroxylation is 1. The van der Waals surface area contributed by atoms with Gasteiger partial charge in [0.05, 0.1) is 11.4 Å². The van der Waals surface area contributed by atoms with Crippen molar-refractivity contribution in [3.8, 4) is 5.75 Å². The van der Waals surface area contributed by atoms with Crippen LogP contribution in [0.5, 0.6) is 5.75 Å². The van der Waals surface area contributed by atoms with Gasteiger partial charge in [-0.25, -0.2) is 0 Å². The average Bonchev–Trinajstić information content (AvgIpc) is 2.19. The van der Waals surface area contributed by atoms with Gasteiger partial charge in [-0.3, -0.25) is 4.79 Å². The highest BCUT2D eigenvalue weighted by Crippen LogP contribution is 2.36. The van der Waals surface area contributed by atoms with E-state index in [2.05, 4.69) is 0 Å². The Balaban J connectivity index is 3.19. The lowest BCUT2D eigenvalue weighted by atomic mass is 9.91. The van der Waals surface area contributed by atoms with Crippen LogP contribution < -0.4 is 0 Å². The Morgan fingerprint density at radius 1 is 1.50 bits per heavy atom. The minimum absolute atomic E-state index is 0.0430. The maximum atomic E-state index is 10.6. The molecule has 1 aromatic rings. The van der Waals surface area contributed by atoms with Gasteiger partial charge in [0.1, 0.15) is 5.75 Å². The molecule has 1 unspecified atom stereocenters. The summed E-state index contributed by atoms with van der Waals surface area (Å²) < 4.78 is 0. The van der Waals surface area contributed by atoms with E-state index in [-0.39, 0.29) is 18.1 Å². The number of aromatic hydroxyl groups is 1. The summed E-state index contributed by atoms with van der Waals surface area (Å²) in [4.78, 5) is 10.6. The maximum absolute atomic E-state index is 10.6. The van der Waals surface area contributed by atoms with Gasteiger partial charge in [0, 0.05) is 0 Å². The van der Waals surface area contributed by atoms with Crippen molar-refractivity contribution in [2.45, 2.75) is 33.1 Å². The molecule has 0 aliphatic heterocycles. The number of carboxylic acids is 1. The minimum Gasteiger partial charge on any atom is -0.506 e. The molecular formula is C12H15ClO3. The van der Waals surface area contributed by atoms with E-state index >= 15 is 0 Å². The highest BCUT2D eigenvalue weighted by atomic mass is 35.5. The van der Waals surface area contributed by atoms with Gasteiger partial charge < -0.3 is 10.2 Å². The van der Waals surface area contributed by atoms with Crippen molar-refractivity contribution in [1.29, 1.82) is 0 Å². The summed E-state index contributed by atoms with van der Waals surface area (Å²) in [6.45, 7) is 5.36. The van der Waals surface area contributed by atoms with Crippen LogP contribution in [-0.2, 0) is 4.79 Å². The van der Waals surface area contributed by atoms with Crippen molar-refractivity contribution >= 4 is 17.6 Å². The molecule has 0 saturated carbocycles. The SMILES string of the molecule is Cc1cc(C(C)CC(=O)O)c(C)c(O)c1Cl. The lowest BCUT2D eigenvalue weighted by Crippen LogP contribution is -2.05. The number of hydrogen-bond acceptors (Lipinski definition) is 2. The van der Waals surface area contributed by atoms with Gasteiger partial charge in [-0.2, -0.15) is 0 Å². The molecule has 1 rings (SSSR count). The Morgan fingerprint density at radius 2 is 2.06 bits per heavy atom. The fourth-order valence-electron chi connectivity index (χ4n) is 1.78. The van der Waals surface area contributed by atoms with Crippen molar-refractivity contribution < 1.29 is 15.0 Å². The monoisotopic (exact) mass is 242 g/mol. The quantitative estimate of drug-likeness (QED) is 0.856. The van der Waals surface area contributed by atoms with E-state index in [1.165, 1.54) is 0 Å². The highest BCUT2D eigenvalue weighted by molar-refractivity contribution is 6.32. The van der Waals surface area contributed by atoms with Crippen LogP contribution >= 0.6 is 11.6 Å². The van der Waals surface area contributed by atoms with Crippen molar-refractivity contribution in [3.63, 3.8) is 0 Å². The lowest BCUT2D eigenvalue weighted by molar-refractivity contribution is -0.137. The van der Waals surface area contributed by atoms with Crippen LogP contribution in [0.4, 0.5) is 0 Å². The van der Waals surface area contributed by atoms with Crippen molar-refractivity contribution in [1.82, 2.24) is 0 Å². The van der Waals surface area contributed by atoms with Gasteiger partial charge in [-0.15, -0.1) is 0 Å². The molecule has 0 amide bonds. The third-order valence-electron chi connectivity index (χ3n) is 2.73. The first-order valence-electron chi connectivity index (χ1n) is 5.05. The second kappa shape index (κ2) is 4.74. The third-order valence-corrected chi connectivity index (χ3v) is 3.20. The summed E-state index contributed by atoms with van der Waals surface area (Å²) >= 11 is 5.90. The third kappa shape index (κ3) is 2.47. The van der Waals surface area contributed by atoms with Crippen LogP contribution in [0.2, 0.25) is 5.02 Å². The standard InChI is InChI=1S/C12H15ClO3/c1-6(5-10(14)15)9-4-7(2)11(13)12(16)8(9)3/h4,6,16H,5H2,1-3H3,(H,14,15). The number of carboxylic acid groups (broad SMARTS) is 1. The van der Waals surface area contributed by atoms with E-state index in [0.717, 1.165) is 11.1 Å². The van der Waals surface area contributed by atoms with Crippen LogP contribution in [0.3, 0.4) is 0 Å². The summed E-state index contributed by atoms with van der Waals surface area (Å²) in [6, 6.07) is 1.84. The first-order valence-corrected chi connectivity index (χ1v) is 5.42. The van der Waals surface area contributed by atoms with Gasteiger partial charge in [-0.05, 0) is 36.5 Å². The molecule has 0 heterocycles. The summed E-state index contributed by atoms with van der Waals surface area (Å²) in [7, 11) is 0. The molecule has 1 aromatic carbocycles. The largest absolute Gasteiger partial charge is 0.506 e. The number of phenolic OH excluding ortho intramolecular Hbond substituents is 1. The smallest absolute Gasteiger partial charge is 0.303 e. The number of aliphatic carboxylic acids is 1. The Kier molecular flexibility index (Phi) is 3.81. The molecule has 0 bridgehead atoms. The summed E-state index contributed by atoms with van der Waals surface area (Å²) in [6.07, 6.45) is 0.0430. The zero-order valence-corrected chi connectivity index (χ0v) is 10.3. The predicted molar refractivity (Wildman–Crippen MR) is 63.3 cm³/mol. The molecular weight excluding hydrogens is 228 g/mol. The van der Waals surface area contributed by atoms with Gasteiger partial charge in [-0.1, -0.05) is 24.6 Å². The van der Waals surface area contributed by atoms with Crippen LogP contribution in [0, 0.1) is 13.8 Å². The first-order chi connectivity index (χ1) is 7.34. The fraction of sp³-hybridized carbons (Fsp3) is 0.417. The predicted octanol–water partition coefficient (Wildman–Crippen LogP) is 3.24. The molecule has 3 nitrogen and oxygen atoms in total. The molecule has 88 valence electrons. The molecule has 2 N–H and O–H groups in total. The molecule has 1 atom stereocenters. The van der Waals surface area contributed by atoms with Crippen LogP contribution in [0.15, 0.2) is 6.07 Å². The van der Waals surface area contributed by atoms with E-state index in [1.807, 2.05) is 13.0 Å². The number of halogens is 1. The number of hydrogen-bond donors (Lipinski definition) is 2. The number of rotatable bonds is 3. The normalized spacial score (nSPS) is 12.5. The summed E-state index contributed by atoms with van der Waals surface area (Å²) in [5.74, 6) is -0.938. The van der Waals surface area contributed by atoms with Gasteiger partial charge >= 0.3 is 5.97 Å². The zero-order valence-electron chi connectivity index (χ0n) is 9.54. The second-order valence-electron chi connectivity index (χ2n) is 4.07. The van der Waals surface area contributed by atoms with Crippen LogP contribution in [0.25, 0.3) is 0 Å². The van der Waals surface area contributed by atoms with Crippen LogP contribution in [-0.4, -0.2) is 16.2 Å². The molecule has 0 aromatic heterocycles. The summed E-state index contributed by atoms with van der Waals surface area (Å²) in [5.41, 5.74) is 2.25. The second-order valence-corrected chi connectivity index (χ2v) is 4.45. The number of carbonyl (C=O) groups is 1. The van der Waals surface area contributed by atoms with Crippen molar-refractivity contribution in [3.05, 3.63) is 27.8 Å². The Morgan fingerprint density at radius 3 is 2.56 bits per heavy atom. The topological polar surface area (TPSA) is 57.5 Å². The lowest BCUT2D eigenvalue weighted by Gasteiger charge is -2.16. The molecule has 0 aliphatic carbocycles. The van der Waals surface area contributed by atoms with E-state index in [1.54, 1.807) is 13.8 Å². The number of phenols is 1. The Hall–Kier alpha value is -1.22. The van der Waals surface area contributed by atoms with Gasteiger partial charge in [0.2, 0.25) is 0 Å². The first kappa shape index (κ1) is 12.8. The minimum atomic E-state index is -0.848. The van der Waals surface area contributed by atoms with E-state index in [0.29, 0.717) is 10.6 Å². The number of benzene rings is 1. The highest BCUT2D eigenvalue weighted by Gasteiger charge is 2.17. The zero-order chi connectivity index (χ0) is 12.5. The maximum Gasteiger partial charge on any atom is 0.303 e.